The number of nitrogens with zero attached hydrogens (tertiary/aromatic N) is 1. The van der Waals surface area contributed by atoms with Gasteiger partial charge in [-0.25, -0.2) is 4.98 Å². The molecular weight excluding hydrogens is 208 g/mol. The number of pyridine rings is 1. The van der Waals surface area contributed by atoms with Gasteiger partial charge in [0.25, 0.3) is 0 Å². The highest BCUT2D eigenvalue weighted by Gasteiger charge is 2.08. The van der Waals surface area contributed by atoms with Gasteiger partial charge in [0.15, 0.2) is 0 Å². The summed E-state index contributed by atoms with van der Waals surface area (Å²) >= 11 is 5.72. The molecule has 0 spiro atoms. The molecule has 3 heteroatoms. The fourth-order valence-electron chi connectivity index (χ4n) is 1.75. The lowest BCUT2D eigenvalue weighted by molar-refractivity contribution is 0.474. The van der Waals surface area contributed by atoms with Crippen molar-refractivity contribution in [3.05, 3.63) is 41.2 Å². The topological polar surface area (TPSA) is 24.9 Å². The van der Waals surface area contributed by atoms with Crippen molar-refractivity contribution < 1.29 is 0 Å². The average molecular weight is 223 g/mol. The van der Waals surface area contributed by atoms with Gasteiger partial charge in [-0.1, -0.05) is 29.8 Å². The third-order valence-corrected chi connectivity index (χ3v) is 2.88. The van der Waals surface area contributed by atoms with Crippen LogP contribution in [0.25, 0.3) is 0 Å². The van der Waals surface area contributed by atoms with Crippen LogP contribution < -0.4 is 5.32 Å². The van der Waals surface area contributed by atoms with Gasteiger partial charge in [0, 0.05) is 18.8 Å². The first kappa shape index (κ1) is 10.7. The molecule has 0 aliphatic heterocycles. The summed E-state index contributed by atoms with van der Waals surface area (Å²) in [6.07, 6.45) is 9.90. The lowest BCUT2D eigenvalue weighted by atomic mass is 10.0. The first-order valence-corrected chi connectivity index (χ1v) is 5.71. The lowest BCUT2D eigenvalue weighted by Crippen LogP contribution is -2.29. The second-order valence-corrected chi connectivity index (χ2v) is 4.24. The van der Waals surface area contributed by atoms with E-state index in [0.29, 0.717) is 11.2 Å². The van der Waals surface area contributed by atoms with E-state index in [1.54, 1.807) is 0 Å². The number of rotatable bonds is 3. The lowest BCUT2D eigenvalue weighted by Gasteiger charge is -2.19. The van der Waals surface area contributed by atoms with E-state index in [0.717, 1.165) is 13.0 Å². The first-order chi connectivity index (χ1) is 7.34. The van der Waals surface area contributed by atoms with Gasteiger partial charge in [0.05, 0.1) is 0 Å². The Morgan fingerprint density at radius 2 is 2.33 bits per heavy atom. The van der Waals surface area contributed by atoms with Gasteiger partial charge < -0.3 is 5.32 Å². The SMILES string of the molecule is Clc1ccc(CNC2CC=CCC2)cn1. The van der Waals surface area contributed by atoms with Crippen LogP contribution in [0.15, 0.2) is 30.5 Å². The molecule has 1 aromatic rings. The van der Waals surface area contributed by atoms with Crippen LogP contribution in [-0.4, -0.2) is 11.0 Å². The summed E-state index contributed by atoms with van der Waals surface area (Å²) in [5.41, 5.74) is 1.19. The third kappa shape index (κ3) is 3.33. The molecule has 0 saturated heterocycles. The molecule has 0 amide bonds. The molecule has 1 aromatic heterocycles. The van der Waals surface area contributed by atoms with Crippen LogP contribution in [-0.2, 0) is 6.54 Å². The molecule has 2 rings (SSSR count). The minimum absolute atomic E-state index is 0.555. The van der Waals surface area contributed by atoms with Crippen LogP contribution >= 0.6 is 11.6 Å². The standard InChI is InChI=1S/C12H15ClN2/c13-12-7-6-10(9-15-12)8-14-11-4-2-1-3-5-11/h1-2,6-7,9,11,14H,3-5,8H2. The van der Waals surface area contributed by atoms with Crippen molar-refractivity contribution >= 4 is 11.6 Å². The first-order valence-electron chi connectivity index (χ1n) is 5.33. The Morgan fingerprint density at radius 1 is 1.40 bits per heavy atom. The maximum atomic E-state index is 5.72. The van der Waals surface area contributed by atoms with E-state index in [1.807, 2.05) is 18.3 Å². The average Bonchev–Trinajstić information content (AvgIpc) is 2.30. The van der Waals surface area contributed by atoms with Gasteiger partial charge in [-0.05, 0) is 30.9 Å². The predicted octanol–water partition coefficient (Wildman–Crippen LogP) is 2.93. The molecule has 0 fully saturated rings. The van der Waals surface area contributed by atoms with Crippen LogP contribution in [0.4, 0.5) is 0 Å². The Labute approximate surface area is 95.4 Å². The molecule has 2 nitrogen and oxygen atoms in total. The van der Waals surface area contributed by atoms with Crippen LogP contribution in [0, 0.1) is 0 Å². The summed E-state index contributed by atoms with van der Waals surface area (Å²) in [6.45, 7) is 0.878. The summed E-state index contributed by atoms with van der Waals surface area (Å²) in [5, 5.41) is 4.08. The monoisotopic (exact) mass is 222 g/mol. The zero-order chi connectivity index (χ0) is 10.5. The molecule has 0 bridgehead atoms. The number of hydrogen-bond donors (Lipinski definition) is 1. The van der Waals surface area contributed by atoms with E-state index in [4.69, 9.17) is 11.6 Å². The Balaban J connectivity index is 1.82. The molecule has 0 radical (unpaired) electrons. The van der Waals surface area contributed by atoms with Gasteiger partial charge in [0.1, 0.15) is 5.15 Å². The molecule has 1 N–H and O–H groups in total. The van der Waals surface area contributed by atoms with E-state index in [9.17, 15) is 0 Å². The van der Waals surface area contributed by atoms with Crippen molar-refractivity contribution in [2.75, 3.05) is 0 Å². The number of allylic oxidation sites excluding steroid dienone is 1. The summed E-state index contributed by atoms with van der Waals surface area (Å²) in [5.74, 6) is 0. The highest BCUT2D eigenvalue weighted by molar-refractivity contribution is 6.29. The summed E-state index contributed by atoms with van der Waals surface area (Å²) in [7, 11) is 0. The van der Waals surface area contributed by atoms with Gasteiger partial charge in [0.2, 0.25) is 0 Å². The van der Waals surface area contributed by atoms with E-state index in [-0.39, 0.29) is 0 Å². The summed E-state index contributed by atoms with van der Waals surface area (Å²) in [4.78, 5) is 4.05. The maximum absolute atomic E-state index is 5.72. The van der Waals surface area contributed by atoms with Crippen molar-refractivity contribution in [1.82, 2.24) is 10.3 Å². The molecule has 0 saturated carbocycles. The van der Waals surface area contributed by atoms with Gasteiger partial charge >= 0.3 is 0 Å². The molecule has 1 unspecified atom stereocenters. The molecule has 1 heterocycles. The normalized spacial score (nSPS) is 20.5. The van der Waals surface area contributed by atoms with E-state index >= 15 is 0 Å². The van der Waals surface area contributed by atoms with E-state index in [2.05, 4.69) is 22.5 Å². The van der Waals surface area contributed by atoms with Gasteiger partial charge in [-0.3, -0.25) is 0 Å². The quantitative estimate of drug-likeness (QED) is 0.629. The number of nitrogens with one attached hydrogen (secondary N) is 1. The minimum Gasteiger partial charge on any atom is -0.310 e. The maximum Gasteiger partial charge on any atom is 0.129 e. The van der Waals surface area contributed by atoms with Crippen LogP contribution in [0.2, 0.25) is 5.15 Å². The van der Waals surface area contributed by atoms with E-state index in [1.165, 1.54) is 18.4 Å². The van der Waals surface area contributed by atoms with Crippen LogP contribution in [0.5, 0.6) is 0 Å². The van der Waals surface area contributed by atoms with Gasteiger partial charge in [-0.15, -0.1) is 0 Å². The molecule has 0 aromatic carbocycles. The van der Waals surface area contributed by atoms with Crippen molar-refractivity contribution in [2.24, 2.45) is 0 Å². The minimum atomic E-state index is 0.555. The molecule has 15 heavy (non-hydrogen) atoms. The largest absolute Gasteiger partial charge is 0.310 e. The highest BCUT2D eigenvalue weighted by atomic mass is 35.5. The second kappa shape index (κ2) is 5.29. The van der Waals surface area contributed by atoms with Crippen molar-refractivity contribution in [1.29, 1.82) is 0 Å². The zero-order valence-electron chi connectivity index (χ0n) is 8.62. The van der Waals surface area contributed by atoms with Crippen LogP contribution in [0.1, 0.15) is 24.8 Å². The fourth-order valence-corrected chi connectivity index (χ4v) is 1.86. The zero-order valence-corrected chi connectivity index (χ0v) is 9.37. The van der Waals surface area contributed by atoms with E-state index < -0.39 is 0 Å². The van der Waals surface area contributed by atoms with Crippen molar-refractivity contribution in [2.45, 2.75) is 31.8 Å². The Kier molecular flexibility index (Phi) is 3.75. The molecular formula is C12H15ClN2. The number of aromatic nitrogens is 1. The van der Waals surface area contributed by atoms with Gasteiger partial charge in [-0.2, -0.15) is 0 Å². The predicted molar refractivity (Wildman–Crippen MR) is 62.9 cm³/mol. The molecule has 1 aliphatic carbocycles. The molecule has 80 valence electrons. The van der Waals surface area contributed by atoms with Crippen molar-refractivity contribution in [3.8, 4) is 0 Å². The Bertz CT molecular complexity index is 332. The third-order valence-electron chi connectivity index (χ3n) is 2.65. The fraction of sp³-hybridized carbons (Fsp3) is 0.417. The summed E-state index contributed by atoms with van der Waals surface area (Å²) in [6, 6.07) is 4.46. The highest BCUT2D eigenvalue weighted by Crippen LogP contribution is 2.11. The Hall–Kier alpha value is -0.860. The van der Waals surface area contributed by atoms with Crippen molar-refractivity contribution in [3.63, 3.8) is 0 Å². The van der Waals surface area contributed by atoms with Crippen LogP contribution in [0.3, 0.4) is 0 Å². The molecule has 1 aliphatic rings. The number of hydrogen-bond acceptors (Lipinski definition) is 2. The molecule has 1 atom stereocenters. The smallest absolute Gasteiger partial charge is 0.129 e. The number of halogens is 1. The second-order valence-electron chi connectivity index (χ2n) is 3.85. The summed E-state index contributed by atoms with van der Waals surface area (Å²) < 4.78 is 0. The Morgan fingerprint density at radius 3 is 3.00 bits per heavy atom.